The molecule has 0 aliphatic carbocycles. The van der Waals surface area contributed by atoms with Crippen molar-refractivity contribution in [3.05, 3.63) is 104 Å². The highest BCUT2D eigenvalue weighted by atomic mass is 35.5. The molecular weight excluding hydrogens is 478 g/mol. The van der Waals surface area contributed by atoms with Gasteiger partial charge in [0.05, 0.1) is 22.2 Å². The normalized spacial score (nSPS) is 11.8. The number of aromatic amines is 2. The van der Waals surface area contributed by atoms with Gasteiger partial charge in [-0.3, -0.25) is 19.7 Å². The fraction of sp³-hybridized carbons (Fsp3) is 0.0435. The summed E-state index contributed by atoms with van der Waals surface area (Å²) in [6, 6.07) is 16.5. The second-order valence-electron chi connectivity index (χ2n) is 7.05. The minimum absolute atomic E-state index is 0. The number of benzene rings is 2. The summed E-state index contributed by atoms with van der Waals surface area (Å²) in [6.07, 6.45) is 3.57. The molecule has 1 atom stereocenters. The number of rotatable bonds is 6. The highest BCUT2D eigenvalue weighted by Gasteiger charge is 2.21. The van der Waals surface area contributed by atoms with E-state index in [-0.39, 0.29) is 16.9 Å². The van der Waals surface area contributed by atoms with Crippen LogP contribution in [0.2, 0.25) is 5.02 Å². The average molecular weight is 497 g/mol. The average Bonchev–Trinajstić information content (AvgIpc) is 3.56. The van der Waals surface area contributed by atoms with Gasteiger partial charge in [0, 0.05) is 22.5 Å². The van der Waals surface area contributed by atoms with E-state index in [1.54, 1.807) is 24.4 Å². The van der Waals surface area contributed by atoms with Crippen LogP contribution >= 0.6 is 34.7 Å². The Hall–Kier alpha value is -3.24. The molecule has 0 fully saturated rings. The van der Waals surface area contributed by atoms with Crippen molar-refractivity contribution < 1.29 is 5.11 Å². The molecule has 0 saturated carbocycles. The number of hydrogen-bond acceptors (Lipinski definition) is 6. The third kappa shape index (κ3) is 4.49. The molecule has 5 rings (SSSR count). The Balaban J connectivity index is 0.00000259. The summed E-state index contributed by atoms with van der Waals surface area (Å²) in [4.78, 5) is 13.5. The van der Waals surface area contributed by atoms with Crippen molar-refractivity contribution in [3.8, 4) is 17.0 Å². The van der Waals surface area contributed by atoms with E-state index in [0.717, 1.165) is 34.0 Å². The molecule has 1 unspecified atom stereocenters. The molecule has 33 heavy (non-hydrogen) atoms. The summed E-state index contributed by atoms with van der Waals surface area (Å²) in [6.45, 7) is 0. The van der Waals surface area contributed by atoms with Crippen LogP contribution in [0.4, 0.5) is 0 Å². The Morgan fingerprint density at radius 1 is 1.06 bits per heavy atom. The molecule has 2 aromatic carbocycles. The Kier molecular flexibility index (Phi) is 6.75. The Morgan fingerprint density at radius 3 is 2.52 bits per heavy atom. The molecule has 0 spiro atoms. The number of nitrogens with one attached hydrogen (secondary N) is 2. The van der Waals surface area contributed by atoms with Crippen LogP contribution in [-0.2, 0) is 0 Å². The fourth-order valence-electron chi connectivity index (χ4n) is 3.51. The smallest absolute Gasteiger partial charge is 0.277 e. The molecule has 0 bridgehead atoms. The van der Waals surface area contributed by atoms with Crippen LogP contribution in [0.25, 0.3) is 11.1 Å². The van der Waals surface area contributed by atoms with Gasteiger partial charge in [-0.05, 0) is 45.6 Å². The maximum Gasteiger partial charge on any atom is 0.277 e. The summed E-state index contributed by atoms with van der Waals surface area (Å²) in [5.41, 5.74) is 3.35. The first-order chi connectivity index (χ1) is 15.6. The monoisotopic (exact) mass is 496 g/mol. The lowest BCUT2D eigenvalue weighted by Crippen LogP contribution is -2.17. The van der Waals surface area contributed by atoms with Gasteiger partial charge in [-0.2, -0.15) is 16.4 Å². The molecule has 0 radical (unpaired) electrons. The van der Waals surface area contributed by atoms with Gasteiger partial charge >= 0.3 is 0 Å². The van der Waals surface area contributed by atoms with Gasteiger partial charge in [-0.1, -0.05) is 59.8 Å². The van der Waals surface area contributed by atoms with Gasteiger partial charge in [0.2, 0.25) is 0 Å². The Morgan fingerprint density at radius 2 is 1.85 bits per heavy atom. The van der Waals surface area contributed by atoms with E-state index in [4.69, 9.17) is 11.6 Å². The van der Waals surface area contributed by atoms with E-state index in [9.17, 15) is 9.90 Å². The zero-order valence-corrected chi connectivity index (χ0v) is 19.6. The summed E-state index contributed by atoms with van der Waals surface area (Å²) >= 11 is 8.85. The first kappa shape index (κ1) is 22.9. The van der Waals surface area contributed by atoms with Gasteiger partial charge < -0.3 is 11.3 Å². The highest BCUT2D eigenvalue weighted by Crippen LogP contribution is 2.38. The Labute approximate surface area is 202 Å². The molecule has 168 valence electrons. The van der Waals surface area contributed by atoms with Crippen molar-refractivity contribution in [2.45, 2.75) is 15.8 Å². The molecule has 5 N–H and O–H groups in total. The van der Waals surface area contributed by atoms with Crippen LogP contribution in [0.5, 0.6) is 5.88 Å². The first-order valence-electron chi connectivity index (χ1n) is 9.67. The molecule has 0 aliphatic rings. The maximum atomic E-state index is 13.3. The van der Waals surface area contributed by atoms with Crippen LogP contribution < -0.4 is 16.8 Å². The molecule has 0 amide bonds. The van der Waals surface area contributed by atoms with Crippen molar-refractivity contribution >= 4 is 34.7 Å². The third-order valence-electron chi connectivity index (χ3n) is 5.07. The lowest BCUT2D eigenvalue weighted by molar-refractivity contribution is -0.284. The lowest BCUT2D eigenvalue weighted by atomic mass is 9.99. The van der Waals surface area contributed by atoms with E-state index >= 15 is 0 Å². The van der Waals surface area contributed by atoms with E-state index in [0.29, 0.717) is 9.92 Å². The predicted molar refractivity (Wildman–Crippen MR) is 131 cm³/mol. The second kappa shape index (κ2) is 9.72. The molecule has 7 nitrogen and oxygen atoms in total. The van der Waals surface area contributed by atoms with Gasteiger partial charge in [0.25, 0.3) is 5.56 Å². The molecule has 5 aromatic rings. The second-order valence-corrected chi connectivity index (χ2v) is 9.29. The van der Waals surface area contributed by atoms with E-state index < -0.39 is 11.6 Å². The van der Waals surface area contributed by atoms with Gasteiger partial charge in [0.1, 0.15) is 0 Å². The van der Waals surface area contributed by atoms with Crippen LogP contribution in [-0.4, -0.2) is 20.0 Å². The molecule has 0 aliphatic heterocycles. The van der Waals surface area contributed by atoms with Crippen LogP contribution in [0, 0.1) is 0 Å². The fourth-order valence-corrected chi connectivity index (χ4v) is 5.30. The molecular formula is C23H19ClN5O2S2-. The summed E-state index contributed by atoms with van der Waals surface area (Å²) < 4.78 is 1.40. The van der Waals surface area contributed by atoms with Gasteiger partial charge in [0.15, 0.2) is 0 Å². The van der Waals surface area contributed by atoms with Crippen molar-refractivity contribution in [3.63, 3.8) is 0 Å². The first-order valence-corrected chi connectivity index (χ1v) is 11.8. The molecule has 10 heteroatoms. The predicted octanol–water partition coefficient (Wildman–Crippen LogP) is 5.31. The quantitative estimate of drug-likeness (QED) is 0.294. The minimum atomic E-state index is -0.458. The SMILES string of the molecule is N.O=c1[nH]n(C(c2ccc(-c3cn[nH]c3)cc2)c2ccsc2)c([O-])c1Sc1ccccc1Cl. The summed E-state index contributed by atoms with van der Waals surface area (Å²) in [7, 11) is 0. The molecule has 3 heterocycles. The van der Waals surface area contributed by atoms with E-state index in [1.807, 2.05) is 53.4 Å². The number of halogens is 1. The largest absolute Gasteiger partial charge is 0.858 e. The highest BCUT2D eigenvalue weighted by molar-refractivity contribution is 7.99. The minimum Gasteiger partial charge on any atom is -0.858 e. The van der Waals surface area contributed by atoms with E-state index in [2.05, 4.69) is 15.3 Å². The van der Waals surface area contributed by atoms with Crippen molar-refractivity contribution in [2.24, 2.45) is 0 Å². The van der Waals surface area contributed by atoms with Gasteiger partial charge in [-0.25, -0.2) is 0 Å². The number of thiophene rings is 1. The van der Waals surface area contributed by atoms with E-state index in [1.165, 1.54) is 16.0 Å². The number of nitrogens with zero attached hydrogens (tertiary/aromatic N) is 2. The molecule has 3 aromatic heterocycles. The maximum absolute atomic E-state index is 13.3. The molecule has 0 saturated heterocycles. The summed E-state index contributed by atoms with van der Waals surface area (Å²) in [5.74, 6) is -0.380. The zero-order valence-electron chi connectivity index (χ0n) is 17.2. The number of aromatic nitrogens is 4. The standard InChI is InChI=1S/C23H17ClN4O2S2.H3N/c24-18-3-1-2-4-19(18)32-21-22(29)27-28(23(21)30)20(16-9-10-31-13-16)15-7-5-14(6-8-15)17-11-25-26-12-17;/h1-13,20,30H,(H,25,26)(H,27,29);1H3/p-1. The van der Waals surface area contributed by atoms with Crippen molar-refractivity contribution in [1.82, 2.24) is 26.1 Å². The summed E-state index contributed by atoms with van der Waals surface area (Å²) in [5, 5.41) is 27.3. The van der Waals surface area contributed by atoms with Crippen LogP contribution in [0.1, 0.15) is 17.2 Å². The number of hydrogen-bond donors (Lipinski definition) is 3. The van der Waals surface area contributed by atoms with Crippen molar-refractivity contribution in [2.75, 3.05) is 0 Å². The van der Waals surface area contributed by atoms with Crippen molar-refractivity contribution in [1.29, 1.82) is 0 Å². The Bertz CT molecular complexity index is 1390. The zero-order chi connectivity index (χ0) is 22.1. The van der Waals surface area contributed by atoms with Crippen LogP contribution in [0.15, 0.2) is 92.3 Å². The third-order valence-corrected chi connectivity index (χ3v) is 7.35. The topological polar surface area (TPSA) is 125 Å². The lowest BCUT2D eigenvalue weighted by Gasteiger charge is -2.23. The van der Waals surface area contributed by atoms with Crippen LogP contribution in [0.3, 0.4) is 0 Å². The van der Waals surface area contributed by atoms with Gasteiger partial charge in [-0.15, -0.1) is 0 Å². The number of H-pyrrole nitrogens is 2.